The molecule has 1 fully saturated rings. The van der Waals surface area contributed by atoms with Crippen molar-refractivity contribution in [3.8, 4) is 17.0 Å². The van der Waals surface area contributed by atoms with Crippen molar-refractivity contribution < 1.29 is 22.7 Å². The highest BCUT2D eigenvalue weighted by Gasteiger charge is 2.31. The molecule has 0 spiro atoms. The Kier molecular flexibility index (Phi) is 7.66. The minimum absolute atomic E-state index is 0.133. The number of carbonyl (C=O) groups is 1. The van der Waals surface area contributed by atoms with Gasteiger partial charge in [0.2, 0.25) is 5.95 Å². The van der Waals surface area contributed by atoms with Crippen LogP contribution < -0.4 is 20.7 Å². The van der Waals surface area contributed by atoms with E-state index in [1.54, 1.807) is 47.0 Å². The Bertz CT molecular complexity index is 1420. The molecule has 2 aromatic carbocycles. The maximum Gasteiger partial charge on any atom is 0.573 e. The fraction of sp³-hybridized carbons (Fsp3) is 0.296. The number of hydrogen-bond donors (Lipinski definition) is 3. The van der Waals surface area contributed by atoms with Crippen molar-refractivity contribution >= 4 is 23.2 Å². The number of ether oxygens (including phenoxy) is 1. The first-order valence-electron chi connectivity index (χ1n) is 12.6. The molecule has 1 amide bonds. The Morgan fingerprint density at radius 3 is 2.59 bits per heavy atom. The minimum Gasteiger partial charge on any atom is -0.406 e. The van der Waals surface area contributed by atoms with E-state index in [2.05, 4.69) is 42.6 Å². The van der Waals surface area contributed by atoms with Gasteiger partial charge in [0, 0.05) is 55.6 Å². The van der Waals surface area contributed by atoms with Gasteiger partial charge in [-0.15, -0.1) is 18.3 Å². The van der Waals surface area contributed by atoms with Crippen molar-refractivity contribution in [1.82, 2.24) is 30.1 Å². The standard InChI is InChI=1S/C27H28F3N7O2/c1-18-17-36(15-13-31-18)16-14-32-25(38)20-5-9-21(10-6-20)33-26-34-24-4-2-3-23(37(24)35-26)19-7-11-22(12-8-19)39-27(28,29)30/h2-12,18,31H,13-17H2,1H3,(H,32,38)(H,33,35). The van der Waals surface area contributed by atoms with E-state index in [0.29, 0.717) is 46.7 Å². The van der Waals surface area contributed by atoms with Crippen molar-refractivity contribution in [2.24, 2.45) is 0 Å². The number of pyridine rings is 1. The second kappa shape index (κ2) is 11.3. The van der Waals surface area contributed by atoms with E-state index in [0.717, 1.165) is 26.2 Å². The van der Waals surface area contributed by atoms with Gasteiger partial charge in [-0.3, -0.25) is 9.69 Å². The molecule has 1 saturated heterocycles. The first-order valence-corrected chi connectivity index (χ1v) is 12.6. The Hall–Kier alpha value is -4.16. The second-order valence-electron chi connectivity index (χ2n) is 9.30. The monoisotopic (exact) mass is 539 g/mol. The molecule has 5 rings (SSSR count). The quantitative estimate of drug-likeness (QED) is 0.311. The Labute approximate surface area is 223 Å². The van der Waals surface area contributed by atoms with Crippen LogP contribution in [0.2, 0.25) is 0 Å². The molecular formula is C27H28F3N7O2. The molecule has 0 aliphatic carbocycles. The molecule has 4 aromatic rings. The minimum atomic E-state index is -4.75. The molecule has 0 saturated carbocycles. The summed E-state index contributed by atoms with van der Waals surface area (Å²) >= 11 is 0. The molecule has 12 heteroatoms. The van der Waals surface area contributed by atoms with E-state index in [4.69, 9.17) is 0 Å². The highest BCUT2D eigenvalue weighted by molar-refractivity contribution is 5.94. The number of hydrogen-bond acceptors (Lipinski definition) is 7. The predicted octanol–water partition coefficient (Wildman–Crippen LogP) is 4.06. The van der Waals surface area contributed by atoms with E-state index < -0.39 is 6.36 Å². The highest BCUT2D eigenvalue weighted by Crippen LogP contribution is 2.27. The molecule has 1 aliphatic rings. The summed E-state index contributed by atoms with van der Waals surface area (Å²) in [5.41, 5.74) is 3.10. The molecule has 1 unspecified atom stereocenters. The first-order chi connectivity index (χ1) is 18.7. The van der Waals surface area contributed by atoms with E-state index in [1.807, 2.05) is 0 Å². The van der Waals surface area contributed by atoms with Gasteiger partial charge in [0.1, 0.15) is 5.75 Å². The zero-order valence-corrected chi connectivity index (χ0v) is 21.2. The third-order valence-electron chi connectivity index (χ3n) is 6.31. The van der Waals surface area contributed by atoms with Crippen LogP contribution in [0.5, 0.6) is 5.75 Å². The van der Waals surface area contributed by atoms with Gasteiger partial charge in [-0.05, 0) is 67.6 Å². The number of anilines is 2. The van der Waals surface area contributed by atoms with E-state index in [-0.39, 0.29) is 11.7 Å². The Balaban J connectivity index is 1.21. The summed E-state index contributed by atoms with van der Waals surface area (Å²) < 4.78 is 42.9. The summed E-state index contributed by atoms with van der Waals surface area (Å²) in [6.07, 6.45) is -4.75. The number of carbonyl (C=O) groups excluding carboxylic acids is 1. The van der Waals surface area contributed by atoms with Gasteiger partial charge in [-0.25, -0.2) is 4.52 Å². The first kappa shape index (κ1) is 26.4. The van der Waals surface area contributed by atoms with Crippen LogP contribution in [0, 0.1) is 0 Å². The van der Waals surface area contributed by atoms with Crippen LogP contribution in [0.1, 0.15) is 17.3 Å². The maximum absolute atomic E-state index is 12.5. The number of fused-ring (bicyclic) bond motifs is 1. The van der Waals surface area contributed by atoms with Crippen molar-refractivity contribution in [3.63, 3.8) is 0 Å². The van der Waals surface area contributed by atoms with Crippen molar-refractivity contribution in [3.05, 3.63) is 72.3 Å². The number of benzene rings is 2. The average molecular weight is 540 g/mol. The molecule has 0 bridgehead atoms. The summed E-state index contributed by atoms with van der Waals surface area (Å²) in [4.78, 5) is 19.4. The molecule has 9 nitrogen and oxygen atoms in total. The third-order valence-corrected chi connectivity index (χ3v) is 6.31. The summed E-state index contributed by atoms with van der Waals surface area (Å²) in [5, 5.41) is 14.0. The number of amides is 1. The number of alkyl halides is 3. The number of nitrogens with zero attached hydrogens (tertiary/aromatic N) is 4. The largest absolute Gasteiger partial charge is 0.573 e. The number of nitrogens with one attached hydrogen (secondary N) is 3. The van der Waals surface area contributed by atoms with Crippen LogP contribution in [-0.4, -0.2) is 70.5 Å². The lowest BCUT2D eigenvalue weighted by molar-refractivity contribution is -0.274. The lowest BCUT2D eigenvalue weighted by atomic mass is 10.1. The van der Waals surface area contributed by atoms with Gasteiger partial charge < -0.3 is 20.7 Å². The summed E-state index contributed by atoms with van der Waals surface area (Å²) in [7, 11) is 0. The fourth-order valence-corrected chi connectivity index (χ4v) is 4.48. The lowest BCUT2D eigenvalue weighted by Crippen LogP contribution is -2.50. The SMILES string of the molecule is CC1CN(CCNC(=O)c2ccc(Nc3nc4cccc(-c5ccc(OC(F)(F)F)cc5)n4n3)cc2)CCN1. The van der Waals surface area contributed by atoms with Gasteiger partial charge in [0.25, 0.3) is 5.91 Å². The van der Waals surface area contributed by atoms with E-state index in [9.17, 15) is 18.0 Å². The Morgan fingerprint density at radius 2 is 1.87 bits per heavy atom. The number of halogens is 3. The molecule has 1 aliphatic heterocycles. The van der Waals surface area contributed by atoms with Crippen LogP contribution in [0.4, 0.5) is 24.8 Å². The number of aromatic nitrogens is 3. The van der Waals surface area contributed by atoms with Crippen molar-refractivity contribution in [2.75, 3.05) is 38.0 Å². The summed E-state index contributed by atoms with van der Waals surface area (Å²) in [6, 6.07) is 18.4. The van der Waals surface area contributed by atoms with E-state index in [1.165, 1.54) is 24.3 Å². The number of rotatable bonds is 8. The topological polar surface area (TPSA) is 95.8 Å². The van der Waals surface area contributed by atoms with Gasteiger partial charge in [0.15, 0.2) is 5.65 Å². The van der Waals surface area contributed by atoms with Crippen LogP contribution in [0.15, 0.2) is 66.7 Å². The Morgan fingerprint density at radius 1 is 1.10 bits per heavy atom. The van der Waals surface area contributed by atoms with Crippen LogP contribution in [-0.2, 0) is 0 Å². The van der Waals surface area contributed by atoms with Gasteiger partial charge in [-0.1, -0.05) is 6.07 Å². The van der Waals surface area contributed by atoms with Gasteiger partial charge in [-0.2, -0.15) is 4.98 Å². The van der Waals surface area contributed by atoms with Crippen LogP contribution >= 0.6 is 0 Å². The average Bonchev–Trinajstić information content (AvgIpc) is 3.31. The molecular weight excluding hydrogens is 511 g/mol. The molecule has 3 heterocycles. The lowest BCUT2D eigenvalue weighted by Gasteiger charge is -2.31. The zero-order valence-electron chi connectivity index (χ0n) is 21.2. The zero-order chi connectivity index (χ0) is 27.4. The predicted molar refractivity (Wildman–Crippen MR) is 141 cm³/mol. The second-order valence-corrected chi connectivity index (χ2v) is 9.30. The molecule has 2 aromatic heterocycles. The van der Waals surface area contributed by atoms with Crippen LogP contribution in [0.3, 0.4) is 0 Å². The van der Waals surface area contributed by atoms with Crippen molar-refractivity contribution in [1.29, 1.82) is 0 Å². The molecule has 3 N–H and O–H groups in total. The van der Waals surface area contributed by atoms with Gasteiger partial charge >= 0.3 is 6.36 Å². The molecule has 0 radical (unpaired) electrons. The van der Waals surface area contributed by atoms with Crippen LogP contribution in [0.25, 0.3) is 16.9 Å². The molecule has 1 atom stereocenters. The maximum atomic E-state index is 12.5. The normalized spacial score (nSPS) is 16.3. The third kappa shape index (κ3) is 6.84. The smallest absolute Gasteiger partial charge is 0.406 e. The highest BCUT2D eigenvalue weighted by atomic mass is 19.4. The summed E-state index contributed by atoms with van der Waals surface area (Å²) in [5.74, 6) is -0.0977. The fourth-order valence-electron chi connectivity index (χ4n) is 4.48. The molecule has 204 valence electrons. The number of piperazine rings is 1. The van der Waals surface area contributed by atoms with E-state index >= 15 is 0 Å². The summed E-state index contributed by atoms with van der Waals surface area (Å²) in [6.45, 7) is 6.45. The molecule has 39 heavy (non-hydrogen) atoms. The van der Waals surface area contributed by atoms with Crippen molar-refractivity contribution in [2.45, 2.75) is 19.3 Å². The van der Waals surface area contributed by atoms with Gasteiger partial charge in [0.05, 0.1) is 5.69 Å².